The highest BCUT2D eigenvalue weighted by atomic mass is 19.4. The van der Waals surface area contributed by atoms with Gasteiger partial charge in [-0.2, -0.15) is 0 Å². The normalized spacial score (nSPS) is 21.0. The van der Waals surface area contributed by atoms with Crippen molar-refractivity contribution in [3.8, 4) is 5.75 Å². The van der Waals surface area contributed by atoms with E-state index in [9.17, 15) is 13.2 Å². The molecule has 1 aliphatic carbocycles. The number of halogens is 3. The van der Waals surface area contributed by atoms with Crippen molar-refractivity contribution >= 4 is 22.7 Å². The summed E-state index contributed by atoms with van der Waals surface area (Å²) in [6, 6.07) is 10.3. The van der Waals surface area contributed by atoms with Crippen molar-refractivity contribution in [3.05, 3.63) is 47.5 Å². The maximum Gasteiger partial charge on any atom is 0.573 e. The number of anilines is 2. The van der Waals surface area contributed by atoms with Gasteiger partial charge < -0.3 is 14.6 Å². The van der Waals surface area contributed by atoms with Gasteiger partial charge in [0.05, 0.1) is 11.0 Å². The van der Waals surface area contributed by atoms with Crippen LogP contribution in [0.4, 0.5) is 24.8 Å². The van der Waals surface area contributed by atoms with Gasteiger partial charge in [-0.1, -0.05) is 26.8 Å². The second kappa shape index (κ2) is 8.01. The zero-order chi connectivity index (χ0) is 23.3. The van der Waals surface area contributed by atoms with E-state index in [2.05, 4.69) is 61.4 Å². The molecule has 32 heavy (non-hydrogen) atoms. The Kier molecular flexibility index (Phi) is 5.63. The lowest BCUT2D eigenvalue weighted by atomic mass is 9.70. The van der Waals surface area contributed by atoms with Crippen LogP contribution in [0, 0.1) is 25.2 Å². The van der Waals surface area contributed by atoms with Gasteiger partial charge in [-0.3, -0.25) is 0 Å². The van der Waals surface area contributed by atoms with Crippen LogP contribution >= 0.6 is 0 Å². The van der Waals surface area contributed by atoms with Gasteiger partial charge in [0.25, 0.3) is 0 Å². The second-order valence-corrected chi connectivity index (χ2v) is 9.94. The van der Waals surface area contributed by atoms with Crippen LogP contribution in [-0.2, 0) is 0 Å². The van der Waals surface area contributed by atoms with Gasteiger partial charge in [-0.25, -0.2) is 4.98 Å². The molecule has 0 saturated heterocycles. The first-order valence-electron chi connectivity index (χ1n) is 11.0. The lowest BCUT2D eigenvalue weighted by Crippen LogP contribution is -2.29. The van der Waals surface area contributed by atoms with Gasteiger partial charge >= 0.3 is 6.36 Å². The van der Waals surface area contributed by atoms with Crippen molar-refractivity contribution in [1.82, 2.24) is 9.55 Å². The average molecular weight is 446 g/mol. The molecule has 0 spiro atoms. The van der Waals surface area contributed by atoms with E-state index in [-0.39, 0.29) is 17.2 Å². The highest BCUT2D eigenvalue weighted by Crippen LogP contribution is 2.46. The molecule has 3 aromatic rings. The minimum atomic E-state index is -4.71. The molecule has 1 aromatic heterocycles. The molecule has 7 heteroatoms. The Balaban J connectivity index is 1.74. The number of nitrogens with one attached hydrogen (secondary N) is 1. The molecule has 0 aliphatic heterocycles. The van der Waals surface area contributed by atoms with Crippen LogP contribution in [0.3, 0.4) is 0 Å². The van der Waals surface area contributed by atoms with E-state index in [1.165, 1.54) is 24.1 Å². The Morgan fingerprint density at radius 1 is 1.06 bits per heavy atom. The van der Waals surface area contributed by atoms with Crippen LogP contribution < -0.4 is 10.1 Å². The molecule has 172 valence electrons. The fourth-order valence-electron chi connectivity index (χ4n) is 5.22. The highest BCUT2D eigenvalue weighted by molar-refractivity contribution is 5.84. The van der Waals surface area contributed by atoms with Gasteiger partial charge in [0, 0.05) is 11.7 Å². The minimum absolute atomic E-state index is 0.229. The zero-order valence-electron chi connectivity index (χ0n) is 19.2. The van der Waals surface area contributed by atoms with Crippen molar-refractivity contribution in [2.45, 2.75) is 66.3 Å². The molecule has 1 aliphatic rings. The molecule has 0 bridgehead atoms. The number of imidazole rings is 1. The van der Waals surface area contributed by atoms with E-state index < -0.39 is 6.36 Å². The molecule has 4 rings (SSSR count). The molecule has 1 fully saturated rings. The highest BCUT2D eigenvalue weighted by Gasteiger charge is 2.35. The molecule has 1 saturated carbocycles. The number of aryl methyl sites for hydroxylation is 2. The van der Waals surface area contributed by atoms with E-state index in [0.29, 0.717) is 17.6 Å². The van der Waals surface area contributed by atoms with Crippen molar-refractivity contribution in [2.24, 2.45) is 11.3 Å². The summed E-state index contributed by atoms with van der Waals surface area (Å²) in [5.74, 6) is 1.07. The van der Waals surface area contributed by atoms with E-state index in [1.807, 2.05) is 0 Å². The molecule has 2 aromatic carbocycles. The minimum Gasteiger partial charge on any atom is -0.406 e. The van der Waals surface area contributed by atoms with Crippen molar-refractivity contribution in [3.63, 3.8) is 0 Å². The first-order chi connectivity index (χ1) is 14.9. The van der Waals surface area contributed by atoms with Crippen molar-refractivity contribution < 1.29 is 17.9 Å². The monoisotopic (exact) mass is 445 g/mol. The molecule has 0 radical (unpaired) electrons. The van der Waals surface area contributed by atoms with Crippen molar-refractivity contribution in [2.75, 3.05) is 5.32 Å². The first-order valence-corrected chi connectivity index (χ1v) is 11.0. The third-order valence-corrected chi connectivity index (χ3v) is 6.46. The SMILES string of the molecule is Cc1ccc2c(nc(Nc3ccc(OC(F)(F)F)cc3)n2[C@@H]2C[C@@H](C)CC(C)(C)C2)c1C. The zero-order valence-corrected chi connectivity index (χ0v) is 19.2. The van der Waals surface area contributed by atoms with Gasteiger partial charge in [0.2, 0.25) is 5.95 Å². The number of alkyl halides is 3. The standard InChI is InChI=1S/C25H30F3N3O/c1-15-12-19(14-24(4,5)13-15)31-21-11-6-16(2)17(3)22(21)30-23(31)29-18-7-9-20(10-8-18)32-25(26,27)28/h6-11,15,19H,12-14H2,1-5H3,(H,29,30)/t15-,19-/m1/s1. The Morgan fingerprint density at radius 3 is 2.38 bits per heavy atom. The molecular formula is C25H30F3N3O. The number of aromatic nitrogens is 2. The van der Waals surface area contributed by atoms with Gasteiger partial charge in [-0.15, -0.1) is 13.2 Å². The molecule has 0 amide bonds. The van der Waals surface area contributed by atoms with Crippen LogP contribution in [0.2, 0.25) is 0 Å². The third kappa shape index (κ3) is 4.71. The van der Waals surface area contributed by atoms with Crippen LogP contribution in [0.15, 0.2) is 36.4 Å². The number of hydrogen-bond acceptors (Lipinski definition) is 3. The topological polar surface area (TPSA) is 39.1 Å². The smallest absolute Gasteiger partial charge is 0.406 e. The van der Waals surface area contributed by atoms with Gasteiger partial charge in [-0.05, 0) is 85.9 Å². The predicted octanol–water partition coefficient (Wildman–Crippen LogP) is 7.68. The summed E-state index contributed by atoms with van der Waals surface area (Å²) in [7, 11) is 0. The summed E-state index contributed by atoms with van der Waals surface area (Å²) >= 11 is 0. The number of ether oxygens (including phenoxy) is 1. The number of fused-ring (bicyclic) bond motifs is 1. The quantitative estimate of drug-likeness (QED) is 0.448. The summed E-state index contributed by atoms with van der Waals surface area (Å²) in [5, 5.41) is 3.35. The number of nitrogens with zero attached hydrogens (tertiary/aromatic N) is 2. The van der Waals surface area contributed by atoms with E-state index >= 15 is 0 Å². The van der Waals surface area contributed by atoms with Crippen molar-refractivity contribution in [1.29, 1.82) is 0 Å². The lowest BCUT2D eigenvalue weighted by molar-refractivity contribution is -0.274. The molecule has 0 unspecified atom stereocenters. The Hall–Kier alpha value is -2.70. The van der Waals surface area contributed by atoms with Crippen LogP contribution in [-0.4, -0.2) is 15.9 Å². The fourth-order valence-corrected chi connectivity index (χ4v) is 5.22. The maximum absolute atomic E-state index is 12.5. The van der Waals surface area contributed by atoms with E-state index in [4.69, 9.17) is 4.98 Å². The maximum atomic E-state index is 12.5. The summed E-state index contributed by atoms with van der Waals surface area (Å²) in [4.78, 5) is 4.94. The molecular weight excluding hydrogens is 415 g/mol. The Bertz CT molecular complexity index is 1120. The summed E-state index contributed by atoms with van der Waals surface area (Å²) < 4.78 is 43.7. The average Bonchev–Trinajstić information content (AvgIpc) is 3.02. The molecule has 1 N–H and O–H groups in total. The van der Waals surface area contributed by atoms with E-state index in [0.717, 1.165) is 29.4 Å². The summed E-state index contributed by atoms with van der Waals surface area (Å²) in [6.07, 6.45) is -1.40. The summed E-state index contributed by atoms with van der Waals surface area (Å²) in [6.45, 7) is 11.1. The summed E-state index contributed by atoms with van der Waals surface area (Å²) in [5.41, 5.74) is 5.25. The Morgan fingerprint density at radius 2 is 1.75 bits per heavy atom. The first kappa shape index (κ1) is 22.5. The number of benzene rings is 2. The van der Waals surface area contributed by atoms with Crippen LogP contribution in [0.1, 0.15) is 57.2 Å². The van der Waals surface area contributed by atoms with Crippen LogP contribution in [0.5, 0.6) is 5.75 Å². The second-order valence-electron chi connectivity index (χ2n) is 9.94. The lowest BCUT2D eigenvalue weighted by Gasteiger charge is -2.40. The molecule has 4 nitrogen and oxygen atoms in total. The number of hydrogen-bond donors (Lipinski definition) is 1. The van der Waals surface area contributed by atoms with Gasteiger partial charge in [0.15, 0.2) is 0 Å². The van der Waals surface area contributed by atoms with E-state index in [1.54, 1.807) is 12.1 Å². The predicted molar refractivity (Wildman–Crippen MR) is 121 cm³/mol. The number of rotatable bonds is 4. The Labute approximate surface area is 186 Å². The largest absolute Gasteiger partial charge is 0.573 e. The van der Waals surface area contributed by atoms with Crippen LogP contribution in [0.25, 0.3) is 11.0 Å². The fraction of sp³-hybridized carbons (Fsp3) is 0.480. The molecule has 2 atom stereocenters. The van der Waals surface area contributed by atoms with Gasteiger partial charge in [0.1, 0.15) is 5.75 Å². The molecule has 1 heterocycles. The third-order valence-electron chi connectivity index (χ3n) is 6.46.